The summed E-state index contributed by atoms with van der Waals surface area (Å²) in [6, 6.07) is 1.49. The minimum Gasteiger partial charge on any atom is -0.394 e. The number of hydrogen-bond acceptors (Lipinski definition) is 7. The number of nitrogen functional groups attached to an aromatic ring is 1. The molecule has 2 heterocycles. The Kier molecular flexibility index (Phi) is 9.20. The zero-order valence-corrected chi connectivity index (χ0v) is 16.1. The van der Waals surface area contributed by atoms with E-state index in [0.29, 0.717) is 6.61 Å². The second-order valence-corrected chi connectivity index (χ2v) is 7.09. The summed E-state index contributed by atoms with van der Waals surface area (Å²) in [4.78, 5) is 15.8. The largest absolute Gasteiger partial charge is 0.394 e. The Hall–Kier alpha value is -1.48. The SMILES string of the molecule is CCCCCCCCCCOC1C(O)C(CO)OC1n1ccc(N)nc1=O. The van der Waals surface area contributed by atoms with Gasteiger partial charge in [0.2, 0.25) is 0 Å². The minimum absolute atomic E-state index is 0.116. The van der Waals surface area contributed by atoms with Crippen LogP contribution < -0.4 is 11.4 Å². The molecule has 4 atom stereocenters. The summed E-state index contributed by atoms with van der Waals surface area (Å²) in [5, 5.41) is 19.8. The first kappa shape index (κ1) is 21.8. The molecule has 1 saturated heterocycles. The number of aromatic nitrogens is 2. The lowest BCUT2D eigenvalue weighted by molar-refractivity contribution is -0.0748. The number of hydrogen-bond donors (Lipinski definition) is 3. The minimum atomic E-state index is -1.02. The van der Waals surface area contributed by atoms with E-state index in [1.165, 1.54) is 55.4 Å². The smallest absolute Gasteiger partial charge is 0.351 e. The average Bonchev–Trinajstić information content (AvgIpc) is 2.96. The van der Waals surface area contributed by atoms with Crippen LogP contribution in [0.2, 0.25) is 0 Å². The van der Waals surface area contributed by atoms with Crippen molar-refractivity contribution in [2.45, 2.75) is 82.8 Å². The van der Waals surface area contributed by atoms with Gasteiger partial charge in [-0.2, -0.15) is 4.98 Å². The first-order chi connectivity index (χ1) is 13.1. The summed E-state index contributed by atoms with van der Waals surface area (Å²) in [6.45, 7) is 2.32. The van der Waals surface area contributed by atoms with E-state index in [2.05, 4.69) is 11.9 Å². The van der Waals surface area contributed by atoms with Gasteiger partial charge in [0.25, 0.3) is 0 Å². The first-order valence-electron chi connectivity index (χ1n) is 9.99. The zero-order chi connectivity index (χ0) is 19.6. The summed E-state index contributed by atoms with van der Waals surface area (Å²) in [5.41, 5.74) is 4.94. The van der Waals surface area contributed by atoms with Crippen molar-refractivity contribution in [3.8, 4) is 0 Å². The summed E-state index contributed by atoms with van der Waals surface area (Å²) >= 11 is 0. The lowest BCUT2D eigenvalue weighted by atomic mass is 10.1. The van der Waals surface area contributed by atoms with Gasteiger partial charge in [0.05, 0.1) is 6.61 Å². The number of anilines is 1. The predicted octanol–water partition coefficient (Wildman–Crippen LogP) is 1.60. The fourth-order valence-electron chi connectivity index (χ4n) is 3.35. The third kappa shape index (κ3) is 6.27. The van der Waals surface area contributed by atoms with E-state index in [4.69, 9.17) is 15.2 Å². The van der Waals surface area contributed by atoms with Crippen LogP contribution in [0.25, 0.3) is 0 Å². The van der Waals surface area contributed by atoms with Crippen LogP contribution in [0.3, 0.4) is 0 Å². The summed E-state index contributed by atoms with van der Waals surface area (Å²) < 4.78 is 12.7. The highest BCUT2D eigenvalue weighted by Crippen LogP contribution is 2.31. The molecule has 8 heteroatoms. The van der Waals surface area contributed by atoms with Crippen LogP contribution >= 0.6 is 0 Å². The van der Waals surface area contributed by atoms with E-state index in [-0.39, 0.29) is 12.4 Å². The molecule has 1 fully saturated rings. The van der Waals surface area contributed by atoms with Crippen LogP contribution in [0.5, 0.6) is 0 Å². The summed E-state index contributed by atoms with van der Waals surface area (Å²) in [5.74, 6) is 0.116. The maximum Gasteiger partial charge on any atom is 0.351 e. The Morgan fingerprint density at radius 3 is 2.52 bits per heavy atom. The molecule has 1 aliphatic rings. The molecule has 4 unspecified atom stereocenters. The average molecular weight is 383 g/mol. The van der Waals surface area contributed by atoms with Gasteiger partial charge in [-0.05, 0) is 12.5 Å². The molecule has 154 valence electrons. The van der Waals surface area contributed by atoms with E-state index >= 15 is 0 Å². The van der Waals surface area contributed by atoms with Crippen LogP contribution in [0.1, 0.15) is 64.5 Å². The number of aliphatic hydroxyl groups excluding tert-OH is 2. The van der Waals surface area contributed by atoms with Crippen molar-refractivity contribution < 1.29 is 19.7 Å². The summed E-state index contributed by atoms with van der Waals surface area (Å²) in [7, 11) is 0. The Balaban J connectivity index is 1.84. The topological polar surface area (TPSA) is 120 Å². The molecular weight excluding hydrogens is 350 g/mol. The number of nitrogens with zero attached hydrogens (tertiary/aromatic N) is 2. The Bertz CT molecular complexity index is 609. The molecule has 0 aliphatic carbocycles. The number of nitrogens with two attached hydrogens (primary N) is 1. The maximum absolute atomic E-state index is 12.1. The van der Waals surface area contributed by atoms with E-state index in [1.54, 1.807) is 0 Å². The van der Waals surface area contributed by atoms with Crippen molar-refractivity contribution in [1.29, 1.82) is 0 Å². The van der Waals surface area contributed by atoms with Crippen molar-refractivity contribution in [3.05, 3.63) is 22.7 Å². The van der Waals surface area contributed by atoms with Crippen LogP contribution in [0.15, 0.2) is 17.1 Å². The van der Waals surface area contributed by atoms with Gasteiger partial charge in [-0.3, -0.25) is 4.57 Å². The van der Waals surface area contributed by atoms with Crippen molar-refractivity contribution >= 4 is 5.82 Å². The predicted molar refractivity (Wildman–Crippen MR) is 102 cm³/mol. The molecule has 0 spiro atoms. The number of rotatable bonds is 12. The van der Waals surface area contributed by atoms with Gasteiger partial charge in [-0.25, -0.2) is 4.79 Å². The monoisotopic (exact) mass is 383 g/mol. The van der Waals surface area contributed by atoms with Crippen molar-refractivity contribution in [2.75, 3.05) is 18.9 Å². The second-order valence-electron chi connectivity index (χ2n) is 7.09. The Morgan fingerprint density at radius 2 is 1.89 bits per heavy atom. The van der Waals surface area contributed by atoms with E-state index in [0.717, 1.165) is 12.8 Å². The number of unbranched alkanes of at least 4 members (excludes halogenated alkanes) is 7. The van der Waals surface area contributed by atoms with Gasteiger partial charge in [-0.15, -0.1) is 0 Å². The molecule has 0 radical (unpaired) electrons. The van der Waals surface area contributed by atoms with E-state index in [9.17, 15) is 15.0 Å². The standard InChI is InChI=1S/C19H33N3O5/c1-2-3-4-5-6-7-8-9-12-26-17-16(24)14(13-23)27-18(17)22-11-10-15(20)21-19(22)25/h10-11,14,16-18,23-24H,2-9,12-13H2,1H3,(H2,20,21,25). The lowest BCUT2D eigenvalue weighted by Gasteiger charge is -2.22. The molecule has 8 nitrogen and oxygen atoms in total. The zero-order valence-electron chi connectivity index (χ0n) is 16.1. The molecule has 0 aromatic carbocycles. The molecule has 27 heavy (non-hydrogen) atoms. The lowest BCUT2D eigenvalue weighted by Crippen LogP contribution is -2.38. The van der Waals surface area contributed by atoms with Gasteiger partial charge >= 0.3 is 5.69 Å². The molecule has 1 aliphatic heterocycles. The van der Waals surface area contributed by atoms with Crippen molar-refractivity contribution in [3.63, 3.8) is 0 Å². The van der Waals surface area contributed by atoms with Crippen molar-refractivity contribution in [1.82, 2.24) is 9.55 Å². The van der Waals surface area contributed by atoms with Gasteiger partial charge in [-0.1, -0.05) is 51.9 Å². The maximum atomic E-state index is 12.1. The van der Waals surface area contributed by atoms with Crippen LogP contribution in [-0.4, -0.2) is 51.3 Å². The number of aliphatic hydroxyl groups is 2. The third-order valence-corrected chi connectivity index (χ3v) is 4.93. The molecule has 0 saturated carbocycles. The molecular formula is C19H33N3O5. The Morgan fingerprint density at radius 1 is 1.22 bits per heavy atom. The number of ether oxygens (including phenoxy) is 2. The molecule has 1 aromatic heterocycles. The molecule has 2 rings (SSSR count). The highest BCUT2D eigenvalue weighted by atomic mass is 16.6. The van der Waals surface area contributed by atoms with Crippen LogP contribution in [0, 0.1) is 0 Å². The molecule has 4 N–H and O–H groups in total. The van der Waals surface area contributed by atoms with Gasteiger partial charge in [0, 0.05) is 12.8 Å². The Labute approximate surface area is 160 Å². The molecule has 0 bridgehead atoms. The van der Waals surface area contributed by atoms with Gasteiger partial charge in [0.15, 0.2) is 6.23 Å². The van der Waals surface area contributed by atoms with Crippen molar-refractivity contribution in [2.24, 2.45) is 0 Å². The first-order valence-corrected chi connectivity index (χ1v) is 9.99. The highest BCUT2D eigenvalue weighted by molar-refractivity contribution is 5.23. The normalized spacial score (nSPS) is 25.1. The summed E-state index contributed by atoms with van der Waals surface area (Å²) in [6.07, 6.45) is 7.53. The quantitative estimate of drug-likeness (QED) is 0.469. The van der Waals surface area contributed by atoms with Gasteiger partial charge < -0.3 is 25.4 Å². The van der Waals surface area contributed by atoms with E-state index in [1.807, 2.05) is 0 Å². The second kappa shape index (κ2) is 11.4. The third-order valence-electron chi connectivity index (χ3n) is 4.93. The highest BCUT2D eigenvalue weighted by Gasteiger charge is 2.45. The van der Waals surface area contributed by atoms with Crippen LogP contribution in [-0.2, 0) is 9.47 Å². The fourth-order valence-corrected chi connectivity index (χ4v) is 3.35. The van der Waals surface area contributed by atoms with Crippen LogP contribution in [0.4, 0.5) is 5.82 Å². The van der Waals surface area contributed by atoms with Gasteiger partial charge in [0.1, 0.15) is 24.1 Å². The van der Waals surface area contributed by atoms with E-state index < -0.39 is 30.2 Å². The molecule has 1 aromatic rings. The molecule has 0 amide bonds. The fraction of sp³-hybridized carbons (Fsp3) is 0.789.